The fraction of sp³-hybridized carbons (Fsp3) is 0.667. The van der Waals surface area contributed by atoms with Crippen LogP contribution in [0.15, 0.2) is 18.2 Å². The number of hydrogen-bond acceptors (Lipinski definition) is 3. The number of benzene rings is 1. The topological polar surface area (TPSA) is 66.5 Å². The Morgan fingerprint density at radius 1 is 1.03 bits per heavy atom. The van der Waals surface area contributed by atoms with Gasteiger partial charge in [0.15, 0.2) is 5.78 Å². The van der Waals surface area contributed by atoms with E-state index in [1.807, 2.05) is 18.7 Å². The van der Waals surface area contributed by atoms with Crippen LogP contribution in [0.1, 0.15) is 94.9 Å². The van der Waals surface area contributed by atoms with E-state index in [4.69, 9.17) is 0 Å². The second kappa shape index (κ2) is 10.4. The van der Waals surface area contributed by atoms with Gasteiger partial charge in [-0.25, -0.2) is 4.39 Å². The molecule has 3 aliphatic rings. The van der Waals surface area contributed by atoms with E-state index in [0.29, 0.717) is 12.1 Å². The average Bonchev–Trinajstić information content (AvgIpc) is 3.68. The summed E-state index contributed by atoms with van der Waals surface area (Å²) in [4.78, 5) is 40.5. The van der Waals surface area contributed by atoms with Gasteiger partial charge in [-0.15, -0.1) is 0 Å². The summed E-state index contributed by atoms with van der Waals surface area (Å²) in [5.74, 6) is -0.845. The van der Waals surface area contributed by atoms with Crippen LogP contribution in [0.2, 0.25) is 0 Å². The number of ketones is 1. The molecule has 5 nitrogen and oxygen atoms in total. The lowest BCUT2D eigenvalue weighted by Crippen LogP contribution is -2.48. The first-order chi connectivity index (χ1) is 15.9. The van der Waals surface area contributed by atoms with Gasteiger partial charge in [0.2, 0.25) is 5.91 Å². The Morgan fingerprint density at radius 3 is 2.42 bits per heavy atom. The zero-order valence-electron chi connectivity index (χ0n) is 19.9. The Hall–Kier alpha value is -2.24. The molecule has 1 saturated heterocycles. The standard InChI is InChI=1S/C27H37FN2O3.H2/c1-17(2)25(31)24(18-8-4-3-5-9-18)29-26(32)22-12-6-11-21(23(22)28)20-10-7-15-30(16-20)27(33)19-13-14-19;/h6,11-12,17-20,24H,3-5,7-10,13-16H2,1-2H3,(H,29,32);1H/t20?,24-;/m1./s1. The van der Waals surface area contributed by atoms with E-state index in [0.717, 1.165) is 64.3 Å². The van der Waals surface area contributed by atoms with Gasteiger partial charge in [-0.05, 0) is 56.1 Å². The quantitative estimate of drug-likeness (QED) is 0.619. The van der Waals surface area contributed by atoms with Crippen molar-refractivity contribution in [3.05, 3.63) is 35.1 Å². The first-order valence-electron chi connectivity index (χ1n) is 12.8. The average molecular weight is 459 g/mol. The molecule has 2 aliphatic carbocycles. The summed E-state index contributed by atoms with van der Waals surface area (Å²) in [6, 6.07) is 4.39. The maximum absolute atomic E-state index is 15.6. The minimum atomic E-state index is -0.567. The predicted molar refractivity (Wildman–Crippen MR) is 127 cm³/mol. The van der Waals surface area contributed by atoms with Crippen molar-refractivity contribution in [2.45, 2.75) is 83.6 Å². The molecule has 1 unspecified atom stereocenters. The van der Waals surface area contributed by atoms with Crippen molar-refractivity contribution >= 4 is 17.6 Å². The van der Waals surface area contributed by atoms with Crippen molar-refractivity contribution < 1.29 is 20.2 Å². The highest BCUT2D eigenvalue weighted by atomic mass is 19.1. The second-order valence-corrected chi connectivity index (χ2v) is 10.5. The molecule has 1 aliphatic heterocycles. The highest BCUT2D eigenvalue weighted by molar-refractivity contribution is 5.98. The number of nitrogens with one attached hydrogen (secondary N) is 1. The van der Waals surface area contributed by atoms with Crippen molar-refractivity contribution in [3.8, 4) is 0 Å². The van der Waals surface area contributed by atoms with Gasteiger partial charge >= 0.3 is 0 Å². The van der Waals surface area contributed by atoms with Crippen molar-refractivity contribution in [2.75, 3.05) is 13.1 Å². The number of halogens is 1. The van der Waals surface area contributed by atoms with Gasteiger partial charge in [0, 0.05) is 32.3 Å². The summed E-state index contributed by atoms with van der Waals surface area (Å²) in [7, 11) is 0. The third kappa shape index (κ3) is 5.47. The summed E-state index contributed by atoms with van der Waals surface area (Å²) >= 11 is 0. The number of likely N-dealkylation sites (tertiary alicyclic amines) is 1. The summed E-state index contributed by atoms with van der Waals surface area (Å²) in [6.07, 6.45) is 8.66. The molecule has 0 aromatic heterocycles. The number of amides is 2. The molecule has 1 heterocycles. The van der Waals surface area contributed by atoms with Gasteiger partial charge in [-0.1, -0.05) is 45.2 Å². The van der Waals surface area contributed by atoms with E-state index in [9.17, 15) is 14.4 Å². The lowest BCUT2D eigenvalue weighted by Gasteiger charge is -2.33. The van der Waals surface area contributed by atoms with Crippen molar-refractivity contribution in [1.82, 2.24) is 10.2 Å². The van der Waals surface area contributed by atoms with Crippen LogP contribution < -0.4 is 5.32 Å². The number of nitrogens with zero attached hydrogens (tertiary/aromatic N) is 1. The van der Waals surface area contributed by atoms with Crippen LogP contribution in [-0.2, 0) is 9.59 Å². The predicted octanol–water partition coefficient (Wildman–Crippen LogP) is 5.09. The maximum atomic E-state index is 15.6. The highest BCUT2D eigenvalue weighted by Crippen LogP contribution is 2.35. The molecule has 2 amide bonds. The third-order valence-electron chi connectivity index (χ3n) is 7.66. The number of rotatable bonds is 7. The molecular formula is C27H39FN2O3. The lowest BCUT2D eigenvalue weighted by molar-refractivity contribution is -0.133. The normalized spacial score (nSPS) is 22.8. The number of piperidine rings is 1. The van der Waals surface area contributed by atoms with Gasteiger partial charge in [0.05, 0.1) is 11.6 Å². The summed E-state index contributed by atoms with van der Waals surface area (Å²) in [5, 5.41) is 2.91. The fourth-order valence-electron chi connectivity index (χ4n) is 5.53. The number of Topliss-reactive ketones (excluding diaryl/α,β-unsaturated/α-hetero) is 1. The molecule has 0 radical (unpaired) electrons. The van der Waals surface area contributed by atoms with Gasteiger partial charge in [-0.3, -0.25) is 14.4 Å². The number of carbonyl (C=O) groups excluding carboxylic acids is 3. The molecule has 1 aromatic carbocycles. The number of carbonyl (C=O) groups is 3. The summed E-state index contributed by atoms with van der Waals surface area (Å²) < 4.78 is 15.6. The fourth-order valence-corrected chi connectivity index (χ4v) is 5.53. The van der Waals surface area contributed by atoms with Gasteiger partial charge in [-0.2, -0.15) is 0 Å². The van der Waals surface area contributed by atoms with E-state index >= 15 is 4.39 Å². The molecule has 2 atom stereocenters. The largest absolute Gasteiger partial charge is 0.342 e. The Balaban J connectivity index is 0.00000324. The second-order valence-electron chi connectivity index (χ2n) is 10.5. The zero-order chi connectivity index (χ0) is 23.5. The van der Waals surface area contributed by atoms with Crippen LogP contribution in [0.4, 0.5) is 4.39 Å². The minimum absolute atomic E-state index is 0. The van der Waals surface area contributed by atoms with Crippen LogP contribution in [0.3, 0.4) is 0 Å². The summed E-state index contributed by atoms with van der Waals surface area (Å²) in [5.41, 5.74) is 0.496. The first-order valence-corrected chi connectivity index (χ1v) is 12.8. The monoisotopic (exact) mass is 458 g/mol. The Morgan fingerprint density at radius 2 is 1.76 bits per heavy atom. The van der Waals surface area contributed by atoms with Crippen LogP contribution in [0.5, 0.6) is 0 Å². The zero-order valence-corrected chi connectivity index (χ0v) is 19.9. The smallest absolute Gasteiger partial charge is 0.254 e. The molecule has 0 bridgehead atoms. The van der Waals surface area contributed by atoms with Crippen molar-refractivity contribution in [2.24, 2.45) is 17.8 Å². The highest BCUT2D eigenvalue weighted by Gasteiger charge is 2.37. The van der Waals surface area contributed by atoms with Crippen LogP contribution in [0.25, 0.3) is 0 Å². The van der Waals surface area contributed by atoms with Gasteiger partial charge < -0.3 is 10.2 Å². The van der Waals surface area contributed by atoms with E-state index in [1.54, 1.807) is 12.1 Å². The first kappa shape index (κ1) is 23.9. The molecule has 1 aromatic rings. The van der Waals surface area contributed by atoms with Crippen molar-refractivity contribution in [1.29, 1.82) is 0 Å². The molecule has 182 valence electrons. The Bertz CT molecular complexity index is 896. The third-order valence-corrected chi connectivity index (χ3v) is 7.66. The molecule has 0 spiro atoms. The van der Waals surface area contributed by atoms with Gasteiger partial charge in [0.25, 0.3) is 5.91 Å². The van der Waals surface area contributed by atoms with Crippen LogP contribution in [-0.4, -0.2) is 41.6 Å². The molecule has 1 N–H and O–H groups in total. The van der Waals surface area contributed by atoms with Crippen molar-refractivity contribution in [3.63, 3.8) is 0 Å². The van der Waals surface area contributed by atoms with E-state index in [-0.39, 0.29) is 42.4 Å². The molecule has 2 saturated carbocycles. The number of hydrogen-bond donors (Lipinski definition) is 1. The van der Waals surface area contributed by atoms with E-state index in [2.05, 4.69) is 5.32 Å². The molecule has 4 rings (SSSR count). The molecule has 6 heteroatoms. The SMILES string of the molecule is CC(C)C(=O)[C@H](NC(=O)c1cccc(C2CCCN(C(=O)C3CC3)C2)c1F)C1CCCCC1.[HH]. The van der Waals surface area contributed by atoms with Crippen LogP contribution in [0, 0.1) is 23.6 Å². The molecular weight excluding hydrogens is 419 g/mol. The van der Waals surface area contributed by atoms with Crippen LogP contribution >= 0.6 is 0 Å². The Kier molecular flexibility index (Phi) is 7.50. The van der Waals surface area contributed by atoms with E-state index < -0.39 is 17.8 Å². The van der Waals surface area contributed by atoms with Gasteiger partial charge in [0.1, 0.15) is 5.82 Å². The Labute approximate surface area is 198 Å². The maximum Gasteiger partial charge on any atom is 0.254 e. The van der Waals surface area contributed by atoms with E-state index in [1.165, 1.54) is 6.07 Å². The lowest BCUT2D eigenvalue weighted by atomic mass is 9.80. The minimum Gasteiger partial charge on any atom is -0.342 e. The molecule has 3 fully saturated rings. The summed E-state index contributed by atoms with van der Waals surface area (Å²) in [6.45, 7) is 4.94. The molecule has 33 heavy (non-hydrogen) atoms.